The van der Waals surface area contributed by atoms with Crippen LogP contribution in [0.2, 0.25) is 5.02 Å². The number of imidazole rings is 1. The third kappa shape index (κ3) is 3.64. The third-order valence-corrected chi connectivity index (χ3v) is 4.91. The maximum absolute atomic E-state index is 12.7. The Hall–Kier alpha value is -2.93. The lowest BCUT2D eigenvalue weighted by molar-refractivity contribution is 0.0746. The number of nitrogens with zero attached hydrogens (tertiary/aromatic N) is 6. The zero-order chi connectivity index (χ0) is 18.8. The van der Waals surface area contributed by atoms with Crippen LogP contribution in [0.3, 0.4) is 0 Å². The molecule has 2 aromatic heterocycles. The predicted molar refractivity (Wildman–Crippen MR) is 103 cm³/mol. The lowest BCUT2D eigenvalue weighted by Crippen LogP contribution is -2.49. The van der Waals surface area contributed by atoms with E-state index in [4.69, 9.17) is 11.6 Å². The van der Waals surface area contributed by atoms with Gasteiger partial charge in [-0.3, -0.25) is 9.36 Å². The van der Waals surface area contributed by atoms with E-state index in [0.29, 0.717) is 36.8 Å². The maximum atomic E-state index is 12.7. The van der Waals surface area contributed by atoms with Gasteiger partial charge >= 0.3 is 0 Å². The second kappa shape index (κ2) is 7.36. The zero-order valence-electron chi connectivity index (χ0n) is 14.9. The number of anilines is 1. The number of piperazine rings is 1. The summed E-state index contributed by atoms with van der Waals surface area (Å²) < 4.78 is 1.92. The highest BCUT2D eigenvalue weighted by Crippen LogP contribution is 2.18. The first-order valence-corrected chi connectivity index (χ1v) is 9.12. The summed E-state index contributed by atoms with van der Waals surface area (Å²) in [6.45, 7) is 4.63. The molecule has 8 heteroatoms. The van der Waals surface area contributed by atoms with E-state index in [1.807, 2.05) is 28.7 Å². The molecule has 1 aliphatic heterocycles. The van der Waals surface area contributed by atoms with Crippen molar-refractivity contribution in [3.05, 3.63) is 65.5 Å². The van der Waals surface area contributed by atoms with Gasteiger partial charge in [-0.25, -0.2) is 15.0 Å². The summed E-state index contributed by atoms with van der Waals surface area (Å²) >= 11 is 6.00. The summed E-state index contributed by atoms with van der Waals surface area (Å²) in [4.78, 5) is 29.6. The summed E-state index contributed by atoms with van der Waals surface area (Å²) in [6.07, 6.45) is 5.19. The van der Waals surface area contributed by atoms with Crippen LogP contribution in [0.15, 0.2) is 49.1 Å². The van der Waals surface area contributed by atoms with Crippen LogP contribution in [0.4, 0.5) is 5.82 Å². The monoisotopic (exact) mass is 382 g/mol. The minimum Gasteiger partial charge on any atom is -0.353 e. The van der Waals surface area contributed by atoms with E-state index in [0.717, 1.165) is 17.5 Å². The highest BCUT2D eigenvalue weighted by atomic mass is 35.5. The first-order valence-electron chi connectivity index (χ1n) is 8.74. The smallest absolute Gasteiger partial charge is 0.254 e. The normalized spacial score (nSPS) is 14.4. The number of aromatic nitrogens is 4. The molecule has 0 spiro atoms. The van der Waals surface area contributed by atoms with Gasteiger partial charge in [0.1, 0.15) is 23.8 Å². The van der Waals surface area contributed by atoms with E-state index in [-0.39, 0.29) is 5.91 Å². The van der Waals surface area contributed by atoms with Crippen LogP contribution in [0.5, 0.6) is 0 Å². The van der Waals surface area contributed by atoms with E-state index in [9.17, 15) is 4.79 Å². The molecule has 0 saturated carbocycles. The van der Waals surface area contributed by atoms with Crippen molar-refractivity contribution in [1.29, 1.82) is 0 Å². The van der Waals surface area contributed by atoms with Gasteiger partial charge in [0.25, 0.3) is 5.91 Å². The standard InChI is InChI=1S/C19H19ClN6O/c1-14-21-5-6-26(14)18-12-17(22-13-23-18)24-7-9-25(10-8-24)19(27)15-3-2-4-16(20)11-15/h2-6,11-13H,7-10H2,1H3. The Bertz CT molecular complexity index is 964. The molecule has 1 amide bonds. The van der Waals surface area contributed by atoms with Gasteiger partial charge in [-0.2, -0.15) is 0 Å². The molecule has 0 unspecified atom stereocenters. The molecule has 0 bridgehead atoms. The number of halogens is 1. The molecule has 4 rings (SSSR count). The van der Waals surface area contributed by atoms with E-state index in [1.165, 1.54) is 0 Å². The largest absolute Gasteiger partial charge is 0.353 e. The Labute approximate surface area is 162 Å². The Balaban J connectivity index is 1.45. The van der Waals surface area contributed by atoms with Gasteiger partial charge in [-0.15, -0.1) is 0 Å². The number of aryl methyl sites for hydroxylation is 1. The highest BCUT2D eigenvalue weighted by molar-refractivity contribution is 6.30. The van der Waals surface area contributed by atoms with E-state index in [2.05, 4.69) is 19.9 Å². The summed E-state index contributed by atoms with van der Waals surface area (Å²) in [7, 11) is 0. The Morgan fingerprint density at radius 2 is 1.81 bits per heavy atom. The molecule has 7 nitrogen and oxygen atoms in total. The van der Waals surface area contributed by atoms with Gasteiger partial charge in [0, 0.05) is 55.2 Å². The minimum atomic E-state index is 0.00886. The van der Waals surface area contributed by atoms with Gasteiger partial charge in [-0.1, -0.05) is 17.7 Å². The Morgan fingerprint density at radius 3 is 2.52 bits per heavy atom. The molecule has 27 heavy (non-hydrogen) atoms. The molecule has 0 aliphatic carbocycles. The van der Waals surface area contributed by atoms with Crippen molar-refractivity contribution in [2.24, 2.45) is 0 Å². The van der Waals surface area contributed by atoms with Gasteiger partial charge in [0.05, 0.1) is 0 Å². The summed E-state index contributed by atoms with van der Waals surface area (Å²) in [6, 6.07) is 9.02. The van der Waals surface area contributed by atoms with Crippen molar-refractivity contribution < 1.29 is 4.79 Å². The molecule has 1 aromatic carbocycles. The van der Waals surface area contributed by atoms with Gasteiger partial charge in [0.2, 0.25) is 0 Å². The number of hydrogen-bond donors (Lipinski definition) is 0. The Kier molecular flexibility index (Phi) is 4.77. The van der Waals surface area contributed by atoms with Crippen LogP contribution >= 0.6 is 11.6 Å². The fourth-order valence-corrected chi connectivity index (χ4v) is 3.39. The molecular formula is C19H19ClN6O. The van der Waals surface area contributed by atoms with Crippen LogP contribution in [-0.2, 0) is 0 Å². The quantitative estimate of drug-likeness (QED) is 0.696. The van der Waals surface area contributed by atoms with Crippen molar-refractivity contribution in [2.75, 3.05) is 31.1 Å². The van der Waals surface area contributed by atoms with E-state index in [1.54, 1.807) is 36.8 Å². The molecule has 1 aliphatic rings. The van der Waals surface area contributed by atoms with Crippen LogP contribution in [0.25, 0.3) is 5.82 Å². The molecule has 1 fully saturated rings. The SMILES string of the molecule is Cc1nccn1-c1cc(N2CCN(C(=O)c3cccc(Cl)c3)CC2)ncn1. The average molecular weight is 383 g/mol. The molecule has 0 atom stereocenters. The average Bonchev–Trinajstić information content (AvgIpc) is 3.13. The zero-order valence-corrected chi connectivity index (χ0v) is 15.7. The number of amides is 1. The number of benzene rings is 1. The molecule has 1 saturated heterocycles. The first-order chi connectivity index (χ1) is 13.1. The van der Waals surface area contributed by atoms with Crippen molar-refractivity contribution in [1.82, 2.24) is 24.4 Å². The minimum absolute atomic E-state index is 0.00886. The highest BCUT2D eigenvalue weighted by Gasteiger charge is 2.23. The number of carbonyl (C=O) groups excluding carboxylic acids is 1. The third-order valence-electron chi connectivity index (χ3n) is 4.67. The lowest BCUT2D eigenvalue weighted by Gasteiger charge is -2.35. The number of carbonyl (C=O) groups is 1. The second-order valence-electron chi connectivity index (χ2n) is 6.37. The fraction of sp³-hybridized carbons (Fsp3) is 0.263. The number of hydrogen-bond acceptors (Lipinski definition) is 5. The predicted octanol–water partition coefficient (Wildman–Crippen LogP) is 2.59. The Morgan fingerprint density at radius 1 is 1.04 bits per heavy atom. The van der Waals surface area contributed by atoms with Crippen LogP contribution in [0, 0.1) is 6.92 Å². The van der Waals surface area contributed by atoms with Crippen LogP contribution in [-0.4, -0.2) is 56.5 Å². The van der Waals surface area contributed by atoms with Gasteiger partial charge in [0.15, 0.2) is 0 Å². The fourth-order valence-electron chi connectivity index (χ4n) is 3.20. The maximum Gasteiger partial charge on any atom is 0.254 e. The molecule has 0 radical (unpaired) electrons. The van der Waals surface area contributed by atoms with Gasteiger partial charge < -0.3 is 9.80 Å². The topological polar surface area (TPSA) is 67.2 Å². The van der Waals surface area contributed by atoms with Crippen molar-refractivity contribution in [2.45, 2.75) is 6.92 Å². The van der Waals surface area contributed by atoms with Gasteiger partial charge in [-0.05, 0) is 25.1 Å². The van der Waals surface area contributed by atoms with E-state index < -0.39 is 0 Å². The van der Waals surface area contributed by atoms with Crippen LogP contribution in [0.1, 0.15) is 16.2 Å². The molecule has 0 N–H and O–H groups in total. The van der Waals surface area contributed by atoms with E-state index >= 15 is 0 Å². The summed E-state index contributed by atoms with van der Waals surface area (Å²) in [5.74, 6) is 2.52. The van der Waals surface area contributed by atoms with Crippen molar-refractivity contribution >= 4 is 23.3 Å². The van der Waals surface area contributed by atoms with Crippen molar-refractivity contribution in [3.8, 4) is 5.82 Å². The summed E-state index contributed by atoms with van der Waals surface area (Å²) in [5.41, 5.74) is 0.621. The second-order valence-corrected chi connectivity index (χ2v) is 6.80. The summed E-state index contributed by atoms with van der Waals surface area (Å²) in [5, 5.41) is 0.572. The number of rotatable bonds is 3. The lowest BCUT2D eigenvalue weighted by atomic mass is 10.2. The molecule has 138 valence electrons. The van der Waals surface area contributed by atoms with Crippen molar-refractivity contribution in [3.63, 3.8) is 0 Å². The molecule has 3 aromatic rings. The first kappa shape index (κ1) is 17.5. The molecular weight excluding hydrogens is 364 g/mol. The molecule has 3 heterocycles. The van der Waals surface area contributed by atoms with Crippen LogP contribution < -0.4 is 4.90 Å².